The third-order valence-corrected chi connectivity index (χ3v) is 8.98. The van der Waals surface area contributed by atoms with E-state index < -0.39 is 28.5 Å². The Hall–Kier alpha value is -3.27. The lowest BCUT2D eigenvalue weighted by Crippen LogP contribution is -2.54. The van der Waals surface area contributed by atoms with Crippen LogP contribution in [0.3, 0.4) is 0 Å². The summed E-state index contributed by atoms with van der Waals surface area (Å²) in [5.74, 6) is -0.241. The van der Waals surface area contributed by atoms with Crippen molar-refractivity contribution in [3.8, 4) is 5.75 Å². The summed E-state index contributed by atoms with van der Waals surface area (Å²) in [5.41, 5.74) is 1.71. The molecule has 1 atom stereocenters. The summed E-state index contributed by atoms with van der Waals surface area (Å²) >= 11 is 12.4. The molecular formula is C31H35Cl2N3O5S. The normalized spacial score (nSPS) is 14.3. The molecule has 2 amide bonds. The van der Waals surface area contributed by atoms with Gasteiger partial charge in [0.2, 0.25) is 21.8 Å². The van der Waals surface area contributed by atoms with Gasteiger partial charge in [0, 0.05) is 24.0 Å². The Morgan fingerprint density at radius 2 is 1.67 bits per heavy atom. The number of hydrogen-bond donors (Lipinski definition) is 1. The predicted molar refractivity (Wildman–Crippen MR) is 167 cm³/mol. The van der Waals surface area contributed by atoms with E-state index in [1.807, 2.05) is 36.4 Å². The van der Waals surface area contributed by atoms with Gasteiger partial charge in [-0.1, -0.05) is 78.5 Å². The van der Waals surface area contributed by atoms with E-state index in [9.17, 15) is 18.0 Å². The molecule has 0 bridgehead atoms. The van der Waals surface area contributed by atoms with Crippen LogP contribution in [-0.4, -0.2) is 57.1 Å². The van der Waals surface area contributed by atoms with Crippen LogP contribution < -0.4 is 14.4 Å². The number of sulfonamides is 1. The van der Waals surface area contributed by atoms with Gasteiger partial charge in [0.15, 0.2) is 0 Å². The van der Waals surface area contributed by atoms with E-state index in [1.54, 1.807) is 25.3 Å². The maximum absolute atomic E-state index is 14.2. The van der Waals surface area contributed by atoms with Crippen LogP contribution in [-0.2, 0) is 32.6 Å². The lowest BCUT2D eigenvalue weighted by molar-refractivity contribution is -0.140. The van der Waals surface area contributed by atoms with Crippen LogP contribution in [0, 0.1) is 0 Å². The Morgan fingerprint density at radius 3 is 2.31 bits per heavy atom. The van der Waals surface area contributed by atoms with Crippen molar-refractivity contribution in [1.29, 1.82) is 0 Å². The highest BCUT2D eigenvalue weighted by atomic mass is 35.5. The second-order valence-electron chi connectivity index (χ2n) is 10.4. The van der Waals surface area contributed by atoms with Gasteiger partial charge in [0.05, 0.1) is 24.1 Å². The maximum atomic E-state index is 14.2. The number of nitrogens with zero attached hydrogens (tertiary/aromatic N) is 2. The summed E-state index contributed by atoms with van der Waals surface area (Å²) in [6.07, 6.45) is 5.08. The van der Waals surface area contributed by atoms with Gasteiger partial charge in [0.25, 0.3) is 0 Å². The van der Waals surface area contributed by atoms with Gasteiger partial charge in [-0.3, -0.25) is 13.9 Å². The Labute approximate surface area is 257 Å². The lowest BCUT2D eigenvalue weighted by atomic mass is 10.0. The van der Waals surface area contributed by atoms with E-state index in [4.69, 9.17) is 27.9 Å². The summed E-state index contributed by atoms with van der Waals surface area (Å²) in [5, 5.41) is 3.56. The highest BCUT2D eigenvalue weighted by molar-refractivity contribution is 7.92. The van der Waals surface area contributed by atoms with Gasteiger partial charge >= 0.3 is 0 Å². The van der Waals surface area contributed by atoms with Crippen LogP contribution in [0.5, 0.6) is 5.75 Å². The number of hydrogen-bond acceptors (Lipinski definition) is 5. The van der Waals surface area contributed by atoms with Crippen LogP contribution >= 0.6 is 23.2 Å². The molecule has 11 heteroatoms. The number of methoxy groups -OCH3 is 1. The van der Waals surface area contributed by atoms with Gasteiger partial charge in [-0.15, -0.1) is 0 Å². The molecule has 0 spiro atoms. The SMILES string of the molecule is COc1cccc(CN(C(=O)CN(c2ccc(Cl)cc2Cl)S(C)(=O)=O)[C@H](Cc2ccccc2)C(=O)NC2CCCC2)c1. The summed E-state index contributed by atoms with van der Waals surface area (Å²) in [4.78, 5) is 29.6. The number of ether oxygens (including phenoxy) is 1. The van der Waals surface area contributed by atoms with Gasteiger partial charge in [0.1, 0.15) is 18.3 Å². The molecule has 4 rings (SSSR count). The maximum Gasteiger partial charge on any atom is 0.244 e. The first-order chi connectivity index (χ1) is 20.0. The Balaban J connectivity index is 1.75. The molecule has 0 aromatic heterocycles. The summed E-state index contributed by atoms with van der Waals surface area (Å²) in [6, 6.07) is 20.2. The largest absolute Gasteiger partial charge is 0.497 e. The van der Waals surface area contributed by atoms with Crippen molar-refractivity contribution in [3.63, 3.8) is 0 Å². The van der Waals surface area contributed by atoms with Crippen molar-refractivity contribution in [2.24, 2.45) is 0 Å². The standard InChI is InChI=1S/C31H35Cl2N3O5S/c1-41-26-14-8-11-23(17-26)20-35(30(37)21-36(42(2,39)40)28-16-15-24(32)19-27(28)33)29(18-22-9-4-3-5-10-22)31(38)34-25-12-6-7-13-25/h3-5,8-11,14-17,19,25,29H,6-7,12-13,18,20-21H2,1-2H3,(H,34,38)/t29-/m1/s1. The molecule has 1 aliphatic rings. The first kappa shape index (κ1) is 31.7. The van der Waals surface area contributed by atoms with E-state index in [0.717, 1.165) is 47.4 Å². The van der Waals surface area contributed by atoms with Crippen LogP contribution in [0.2, 0.25) is 10.0 Å². The summed E-state index contributed by atoms with van der Waals surface area (Å²) in [6.45, 7) is -0.510. The second kappa shape index (κ2) is 14.3. The number of carbonyl (C=O) groups is 2. The van der Waals surface area contributed by atoms with Crippen molar-refractivity contribution in [1.82, 2.24) is 10.2 Å². The van der Waals surface area contributed by atoms with Gasteiger partial charge < -0.3 is 15.0 Å². The predicted octanol–water partition coefficient (Wildman–Crippen LogP) is 5.47. The van der Waals surface area contributed by atoms with Crippen LogP contribution in [0.1, 0.15) is 36.8 Å². The molecule has 3 aromatic carbocycles. The molecule has 3 aromatic rings. The molecule has 0 heterocycles. The topological polar surface area (TPSA) is 96.0 Å². The fraction of sp³-hybridized carbons (Fsp3) is 0.355. The molecule has 1 fully saturated rings. The fourth-order valence-electron chi connectivity index (χ4n) is 5.17. The van der Waals surface area contributed by atoms with Crippen molar-refractivity contribution >= 4 is 50.7 Å². The molecule has 1 N–H and O–H groups in total. The molecule has 1 aliphatic carbocycles. The number of carbonyl (C=O) groups excluding carboxylic acids is 2. The molecule has 0 radical (unpaired) electrons. The summed E-state index contributed by atoms with van der Waals surface area (Å²) < 4.78 is 32.3. The average Bonchev–Trinajstić information content (AvgIpc) is 3.47. The molecule has 8 nitrogen and oxygen atoms in total. The van der Waals surface area contributed by atoms with Crippen molar-refractivity contribution in [2.75, 3.05) is 24.2 Å². The second-order valence-corrected chi connectivity index (χ2v) is 13.2. The number of benzene rings is 3. The van der Waals surface area contributed by atoms with E-state index in [2.05, 4.69) is 5.32 Å². The van der Waals surface area contributed by atoms with E-state index in [0.29, 0.717) is 10.8 Å². The number of anilines is 1. The lowest BCUT2D eigenvalue weighted by Gasteiger charge is -2.34. The quantitative estimate of drug-likeness (QED) is 0.286. The van der Waals surface area contributed by atoms with Crippen molar-refractivity contribution in [2.45, 2.75) is 50.7 Å². The minimum Gasteiger partial charge on any atom is -0.497 e. The zero-order chi connectivity index (χ0) is 30.3. The van der Waals surface area contributed by atoms with Gasteiger partial charge in [-0.05, 0) is 54.3 Å². The molecule has 224 valence electrons. The molecule has 0 aliphatic heterocycles. The minimum absolute atomic E-state index is 0.0323. The Kier molecular flexibility index (Phi) is 10.8. The Bertz CT molecular complexity index is 1500. The van der Waals surface area contributed by atoms with E-state index >= 15 is 0 Å². The molecule has 1 saturated carbocycles. The smallest absolute Gasteiger partial charge is 0.244 e. The average molecular weight is 633 g/mol. The highest BCUT2D eigenvalue weighted by Crippen LogP contribution is 2.31. The zero-order valence-corrected chi connectivity index (χ0v) is 26.0. The number of nitrogens with one attached hydrogen (secondary N) is 1. The first-order valence-corrected chi connectivity index (χ1v) is 16.3. The van der Waals surface area contributed by atoms with Crippen LogP contribution in [0.15, 0.2) is 72.8 Å². The zero-order valence-electron chi connectivity index (χ0n) is 23.6. The number of rotatable bonds is 12. The first-order valence-electron chi connectivity index (χ1n) is 13.7. The summed E-state index contributed by atoms with van der Waals surface area (Å²) in [7, 11) is -2.40. The van der Waals surface area contributed by atoms with Crippen molar-refractivity contribution in [3.05, 3.63) is 94.0 Å². The molecular weight excluding hydrogens is 597 g/mol. The van der Waals surface area contributed by atoms with Crippen molar-refractivity contribution < 1.29 is 22.7 Å². The van der Waals surface area contributed by atoms with Crippen LogP contribution in [0.25, 0.3) is 0 Å². The Morgan fingerprint density at radius 1 is 0.976 bits per heavy atom. The fourth-order valence-corrected chi connectivity index (χ4v) is 6.59. The van der Waals surface area contributed by atoms with E-state index in [1.165, 1.54) is 23.1 Å². The highest BCUT2D eigenvalue weighted by Gasteiger charge is 2.34. The molecule has 0 unspecified atom stereocenters. The van der Waals surface area contributed by atoms with Gasteiger partial charge in [-0.2, -0.15) is 0 Å². The molecule has 42 heavy (non-hydrogen) atoms. The monoisotopic (exact) mass is 631 g/mol. The molecule has 0 saturated heterocycles. The number of amides is 2. The van der Waals surface area contributed by atoms with E-state index in [-0.39, 0.29) is 35.6 Å². The number of halogens is 2. The van der Waals surface area contributed by atoms with Gasteiger partial charge in [-0.25, -0.2) is 8.42 Å². The third kappa shape index (κ3) is 8.40. The minimum atomic E-state index is -3.95. The third-order valence-electron chi connectivity index (χ3n) is 7.32. The van der Waals surface area contributed by atoms with Crippen LogP contribution in [0.4, 0.5) is 5.69 Å².